The van der Waals surface area contributed by atoms with E-state index in [1.54, 1.807) is 24.3 Å². The molecule has 0 aliphatic heterocycles. The van der Waals surface area contributed by atoms with Crippen molar-refractivity contribution in [1.82, 2.24) is 15.5 Å². The summed E-state index contributed by atoms with van der Waals surface area (Å²) < 4.78 is 6.13. The van der Waals surface area contributed by atoms with Crippen LogP contribution < -0.4 is 15.6 Å². The number of amides is 1. The van der Waals surface area contributed by atoms with Gasteiger partial charge in [-0.05, 0) is 36.6 Å². The Balaban J connectivity index is 1.63. The zero-order valence-electron chi connectivity index (χ0n) is 17.4. The molecule has 4 aromatic rings. The summed E-state index contributed by atoms with van der Waals surface area (Å²) in [5, 5.41) is 10.4. The molecule has 1 aromatic heterocycles. The van der Waals surface area contributed by atoms with E-state index < -0.39 is 6.04 Å². The fourth-order valence-electron chi connectivity index (χ4n) is 3.61. The number of aromatic amines is 1. The lowest BCUT2D eigenvalue weighted by Gasteiger charge is -2.21. The van der Waals surface area contributed by atoms with Gasteiger partial charge in [0.25, 0.3) is 11.5 Å². The van der Waals surface area contributed by atoms with E-state index in [1.807, 2.05) is 62.4 Å². The summed E-state index contributed by atoms with van der Waals surface area (Å²) >= 11 is 0. The van der Waals surface area contributed by atoms with Crippen molar-refractivity contribution in [3.63, 3.8) is 0 Å². The zero-order chi connectivity index (χ0) is 21.8. The van der Waals surface area contributed by atoms with Crippen LogP contribution >= 0.6 is 0 Å². The highest BCUT2D eigenvalue weighted by atomic mass is 16.5. The maximum atomic E-state index is 13.1. The quantitative estimate of drug-likeness (QED) is 0.499. The molecule has 0 saturated carbocycles. The van der Waals surface area contributed by atoms with E-state index in [4.69, 9.17) is 4.74 Å². The molecule has 1 amide bonds. The van der Waals surface area contributed by atoms with Crippen molar-refractivity contribution >= 4 is 16.7 Å². The van der Waals surface area contributed by atoms with Gasteiger partial charge in [-0.2, -0.15) is 5.10 Å². The number of ether oxygens (including phenoxy) is 1. The van der Waals surface area contributed by atoms with Crippen molar-refractivity contribution in [1.29, 1.82) is 0 Å². The summed E-state index contributed by atoms with van der Waals surface area (Å²) in [6.45, 7) is 4.24. The molecule has 156 valence electrons. The number of hydrogen-bond acceptors (Lipinski definition) is 4. The van der Waals surface area contributed by atoms with Crippen molar-refractivity contribution in [3.8, 4) is 5.75 Å². The number of para-hydroxylation sites is 1. The van der Waals surface area contributed by atoms with Crippen molar-refractivity contribution in [3.05, 3.63) is 106 Å². The number of benzene rings is 3. The van der Waals surface area contributed by atoms with Gasteiger partial charge in [0, 0.05) is 5.39 Å². The van der Waals surface area contributed by atoms with E-state index in [2.05, 4.69) is 15.5 Å². The number of rotatable bonds is 6. The molecule has 0 fully saturated rings. The number of carbonyl (C=O) groups is 1. The predicted octanol–water partition coefficient (Wildman–Crippen LogP) is 4.09. The average molecular weight is 413 g/mol. The number of aromatic nitrogens is 2. The average Bonchev–Trinajstić information content (AvgIpc) is 2.79. The lowest BCUT2D eigenvalue weighted by molar-refractivity contribution is 0.0917. The molecule has 0 saturated heterocycles. The number of hydrogen-bond donors (Lipinski definition) is 2. The van der Waals surface area contributed by atoms with E-state index in [0.29, 0.717) is 10.8 Å². The summed E-state index contributed by atoms with van der Waals surface area (Å²) in [6.07, 6.45) is 0. The molecule has 0 spiro atoms. The second-order valence-corrected chi connectivity index (χ2v) is 7.42. The fraction of sp³-hybridized carbons (Fsp3) is 0.160. The van der Waals surface area contributed by atoms with Crippen LogP contribution in [0.4, 0.5) is 0 Å². The first kappa shape index (κ1) is 20.3. The Morgan fingerprint density at radius 1 is 0.935 bits per heavy atom. The summed E-state index contributed by atoms with van der Waals surface area (Å²) in [6, 6.07) is 22.1. The first-order valence-corrected chi connectivity index (χ1v) is 10.1. The third-order valence-corrected chi connectivity index (χ3v) is 5.22. The normalized spacial score (nSPS) is 11.8. The third-order valence-electron chi connectivity index (χ3n) is 5.22. The molecule has 0 unspecified atom stereocenters. The molecule has 0 aliphatic carbocycles. The molecule has 6 nitrogen and oxygen atoms in total. The number of aryl methyl sites for hydroxylation is 2. The Bertz CT molecular complexity index is 1260. The minimum Gasteiger partial charge on any atom is -0.491 e. The standard InChI is InChI=1S/C25H23N3O3/c1-16-9-8-10-17(2)23(16)31-15-21(18-11-4-3-5-12-18)26-25(30)22-19-13-6-7-14-20(19)24(29)28-27-22/h3-14,21H,15H2,1-2H3,(H,26,30)(H,28,29)/t21-/m1/s1. The first-order valence-electron chi connectivity index (χ1n) is 10.1. The Hall–Kier alpha value is -3.93. The minimum atomic E-state index is -0.403. The van der Waals surface area contributed by atoms with Crippen LogP contribution in [-0.4, -0.2) is 22.7 Å². The SMILES string of the molecule is Cc1cccc(C)c1OC[C@@H](NC(=O)c1n[nH]c(=O)c2ccccc12)c1ccccc1. The van der Waals surface area contributed by atoms with E-state index in [0.717, 1.165) is 22.4 Å². The van der Waals surface area contributed by atoms with Crippen molar-refractivity contribution in [2.75, 3.05) is 6.61 Å². The Morgan fingerprint density at radius 2 is 1.58 bits per heavy atom. The number of nitrogens with zero attached hydrogens (tertiary/aromatic N) is 1. The second kappa shape index (κ2) is 8.83. The van der Waals surface area contributed by atoms with E-state index in [1.165, 1.54) is 0 Å². The minimum absolute atomic E-state index is 0.170. The van der Waals surface area contributed by atoms with E-state index >= 15 is 0 Å². The molecule has 1 heterocycles. The summed E-state index contributed by atoms with van der Waals surface area (Å²) in [4.78, 5) is 25.2. The van der Waals surface area contributed by atoms with Crippen LogP contribution in [0.3, 0.4) is 0 Å². The summed E-state index contributed by atoms with van der Waals surface area (Å²) in [5.41, 5.74) is 2.82. The van der Waals surface area contributed by atoms with Gasteiger partial charge in [-0.3, -0.25) is 9.59 Å². The van der Waals surface area contributed by atoms with Crippen LogP contribution in [0.2, 0.25) is 0 Å². The van der Waals surface area contributed by atoms with Gasteiger partial charge in [-0.15, -0.1) is 0 Å². The summed E-state index contributed by atoms with van der Waals surface area (Å²) in [7, 11) is 0. The zero-order valence-corrected chi connectivity index (χ0v) is 17.4. The topological polar surface area (TPSA) is 84.1 Å². The van der Waals surface area contributed by atoms with Gasteiger partial charge in [0.2, 0.25) is 0 Å². The fourth-order valence-corrected chi connectivity index (χ4v) is 3.61. The molecule has 0 radical (unpaired) electrons. The molecular weight excluding hydrogens is 390 g/mol. The van der Waals surface area contributed by atoms with Gasteiger partial charge in [-0.1, -0.05) is 66.7 Å². The van der Waals surface area contributed by atoms with Crippen molar-refractivity contribution in [2.24, 2.45) is 0 Å². The predicted molar refractivity (Wildman–Crippen MR) is 120 cm³/mol. The Labute approximate surface area is 179 Å². The van der Waals surface area contributed by atoms with Crippen LogP contribution in [0, 0.1) is 13.8 Å². The van der Waals surface area contributed by atoms with Gasteiger partial charge >= 0.3 is 0 Å². The monoisotopic (exact) mass is 413 g/mol. The number of nitrogens with one attached hydrogen (secondary N) is 2. The summed E-state index contributed by atoms with van der Waals surface area (Å²) in [5.74, 6) is 0.428. The van der Waals surface area contributed by atoms with Gasteiger partial charge in [0.05, 0.1) is 11.4 Å². The maximum Gasteiger partial charge on any atom is 0.272 e. The number of carbonyl (C=O) groups excluding carboxylic acids is 1. The molecule has 4 rings (SSSR count). The highest BCUT2D eigenvalue weighted by Crippen LogP contribution is 2.24. The van der Waals surface area contributed by atoms with Gasteiger partial charge in [0.1, 0.15) is 12.4 Å². The largest absolute Gasteiger partial charge is 0.491 e. The van der Waals surface area contributed by atoms with Gasteiger partial charge in [0.15, 0.2) is 5.69 Å². The maximum absolute atomic E-state index is 13.1. The smallest absolute Gasteiger partial charge is 0.272 e. The molecule has 0 bridgehead atoms. The van der Waals surface area contributed by atoms with Crippen LogP contribution in [-0.2, 0) is 0 Å². The lowest BCUT2D eigenvalue weighted by atomic mass is 10.1. The van der Waals surface area contributed by atoms with Gasteiger partial charge in [-0.25, -0.2) is 5.10 Å². The lowest BCUT2D eigenvalue weighted by Crippen LogP contribution is -2.34. The molecule has 3 aromatic carbocycles. The highest BCUT2D eigenvalue weighted by Gasteiger charge is 2.20. The Kier molecular flexibility index (Phi) is 5.80. The van der Waals surface area contributed by atoms with Crippen molar-refractivity contribution < 1.29 is 9.53 Å². The molecule has 6 heteroatoms. The number of H-pyrrole nitrogens is 1. The van der Waals surface area contributed by atoms with Crippen LogP contribution in [0.25, 0.3) is 10.8 Å². The van der Waals surface area contributed by atoms with Crippen LogP contribution in [0.15, 0.2) is 77.6 Å². The van der Waals surface area contributed by atoms with E-state index in [9.17, 15) is 9.59 Å². The third kappa shape index (κ3) is 4.33. The molecular formula is C25H23N3O3. The first-order chi connectivity index (χ1) is 15.0. The highest BCUT2D eigenvalue weighted by molar-refractivity contribution is 6.04. The molecule has 0 aliphatic rings. The molecule has 1 atom stereocenters. The Morgan fingerprint density at radius 3 is 2.29 bits per heavy atom. The van der Waals surface area contributed by atoms with Crippen LogP contribution in [0.5, 0.6) is 5.75 Å². The van der Waals surface area contributed by atoms with E-state index in [-0.39, 0.29) is 23.8 Å². The number of fused-ring (bicyclic) bond motifs is 1. The van der Waals surface area contributed by atoms with Gasteiger partial charge < -0.3 is 10.1 Å². The second-order valence-electron chi connectivity index (χ2n) is 7.42. The van der Waals surface area contributed by atoms with Crippen molar-refractivity contribution in [2.45, 2.75) is 19.9 Å². The molecule has 31 heavy (non-hydrogen) atoms. The molecule has 2 N–H and O–H groups in total. The van der Waals surface area contributed by atoms with Crippen LogP contribution in [0.1, 0.15) is 33.2 Å².